The molecule has 33 heavy (non-hydrogen) atoms. The van der Waals surface area contributed by atoms with Crippen molar-refractivity contribution in [2.45, 2.75) is 58.7 Å². The molecule has 0 aromatic heterocycles. The summed E-state index contributed by atoms with van der Waals surface area (Å²) < 4.78 is 45.7. The van der Waals surface area contributed by atoms with Gasteiger partial charge in [-0.15, -0.1) is 0 Å². The van der Waals surface area contributed by atoms with E-state index in [4.69, 9.17) is 18.1 Å². The molecule has 0 saturated heterocycles. The summed E-state index contributed by atoms with van der Waals surface area (Å²) in [7, 11) is -5.37. The Hall–Kier alpha value is -2.13. The molecule has 0 heterocycles. The van der Waals surface area contributed by atoms with Gasteiger partial charge >= 0.3 is 0 Å². The maximum absolute atomic E-state index is 11.3. The first-order valence-electron chi connectivity index (χ1n) is 10.9. The molecule has 0 saturated carbocycles. The highest BCUT2D eigenvalue weighted by Gasteiger charge is 2.37. The fourth-order valence-electron chi connectivity index (χ4n) is 2.67. The molecule has 0 aliphatic heterocycles. The van der Waals surface area contributed by atoms with E-state index in [0.29, 0.717) is 24.5 Å². The zero-order valence-corrected chi connectivity index (χ0v) is 22.3. The van der Waals surface area contributed by atoms with Crippen LogP contribution in [0.5, 0.6) is 11.5 Å². The number of hydrogen-bond acceptors (Lipinski definition) is 6. The first-order valence-corrected chi connectivity index (χ1v) is 15.6. The van der Waals surface area contributed by atoms with Gasteiger partial charge in [0.15, 0.2) is 8.32 Å². The van der Waals surface area contributed by atoms with Crippen LogP contribution in [-0.2, 0) is 38.5 Å². The van der Waals surface area contributed by atoms with Gasteiger partial charge in [-0.25, -0.2) is 0 Å². The molecule has 0 radical (unpaired) electrons. The topological polar surface area (TPSA) is 71.1 Å². The van der Waals surface area contributed by atoms with Crippen molar-refractivity contribution in [2.24, 2.45) is 0 Å². The molecule has 0 atom stereocenters. The molecule has 6 nitrogen and oxygen atoms in total. The Morgan fingerprint density at radius 1 is 0.970 bits per heavy atom. The minimum Gasteiger partial charge on any atom is -0.489 e. The van der Waals surface area contributed by atoms with Gasteiger partial charge in [-0.2, -0.15) is 8.42 Å². The van der Waals surface area contributed by atoms with Crippen LogP contribution in [0.25, 0.3) is 0 Å². The van der Waals surface area contributed by atoms with Crippen molar-refractivity contribution < 1.29 is 26.5 Å². The van der Waals surface area contributed by atoms with E-state index >= 15 is 0 Å². The van der Waals surface area contributed by atoms with Crippen LogP contribution < -0.4 is 9.47 Å². The number of ether oxygens (including phenoxy) is 2. The monoisotopic (exact) mass is 492 g/mol. The highest BCUT2D eigenvalue weighted by atomic mass is 32.2. The molecule has 2 aromatic rings. The Morgan fingerprint density at radius 2 is 1.67 bits per heavy atom. The zero-order chi connectivity index (χ0) is 24.7. The SMILES string of the molecule is C=CCOc1ccc(COS(C)(=O)=O)cc1COc1cccc(CO[Si](C)(C)C(C)(C)C)c1. The van der Waals surface area contributed by atoms with Crippen LogP contribution in [0.1, 0.15) is 37.5 Å². The average Bonchev–Trinajstić information content (AvgIpc) is 2.73. The lowest BCUT2D eigenvalue weighted by Gasteiger charge is -2.36. The van der Waals surface area contributed by atoms with E-state index in [1.54, 1.807) is 18.2 Å². The third-order valence-electron chi connectivity index (χ3n) is 5.62. The Morgan fingerprint density at radius 3 is 2.30 bits per heavy atom. The van der Waals surface area contributed by atoms with Gasteiger partial charge in [0, 0.05) is 5.56 Å². The van der Waals surface area contributed by atoms with Crippen molar-refractivity contribution in [3.63, 3.8) is 0 Å². The van der Waals surface area contributed by atoms with E-state index in [2.05, 4.69) is 40.4 Å². The molecule has 0 unspecified atom stereocenters. The number of rotatable bonds is 12. The molecule has 0 N–H and O–H groups in total. The van der Waals surface area contributed by atoms with E-state index in [0.717, 1.165) is 23.1 Å². The zero-order valence-electron chi connectivity index (χ0n) is 20.5. The predicted molar refractivity (Wildman–Crippen MR) is 135 cm³/mol. The Kier molecular flexibility index (Phi) is 9.31. The van der Waals surface area contributed by atoms with E-state index in [-0.39, 0.29) is 18.3 Å². The molecule has 0 aliphatic rings. The van der Waals surface area contributed by atoms with Crippen LogP contribution in [0.4, 0.5) is 0 Å². The Bertz CT molecular complexity index is 1040. The van der Waals surface area contributed by atoms with Crippen LogP contribution in [0.3, 0.4) is 0 Å². The third kappa shape index (κ3) is 8.96. The maximum Gasteiger partial charge on any atom is 0.264 e. The van der Waals surface area contributed by atoms with Crippen LogP contribution >= 0.6 is 0 Å². The lowest BCUT2D eigenvalue weighted by atomic mass is 10.1. The van der Waals surface area contributed by atoms with E-state index in [1.807, 2.05) is 30.3 Å². The molecule has 8 heteroatoms. The van der Waals surface area contributed by atoms with E-state index in [1.165, 1.54) is 0 Å². The molecule has 0 spiro atoms. The van der Waals surface area contributed by atoms with Gasteiger partial charge in [-0.05, 0) is 53.5 Å². The van der Waals surface area contributed by atoms with Gasteiger partial charge in [-0.1, -0.05) is 51.6 Å². The van der Waals surface area contributed by atoms with Crippen molar-refractivity contribution in [1.29, 1.82) is 0 Å². The predicted octanol–water partition coefficient (Wildman–Crippen LogP) is 5.83. The fraction of sp³-hybridized carbons (Fsp3) is 0.440. The minimum absolute atomic E-state index is 0.0478. The third-order valence-corrected chi connectivity index (χ3v) is 10.6. The molecule has 0 aliphatic carbocycles. The summed E-state index contributed by atoms with van der Waals surface area (Å²) in [5.74, 6) is 1.37. The van der Waals surface area contributed by atoms with Gasteiger partial charge < -0.3 is 13.9 Å². The second-order valence-electron chi connectivity index (χ2n) is 9.49. The van der Waals surface area contributed by atoms with Crippen LogP contribution in [0.15, 0.2) is 55.1 Å². The molecule has 0 amide bonds. The van der Waals surface area contributed by atoms with Crippen molar-refractivity contribution in [1.82, 2.24) is 0 Å². The summed E-state index contributed by atoms with van der Waals surface area (Å²) in [6, 6.07) is 13.2. The first-order chi connectivity index (χ1) is 15.3. The summed E-state index contributed by atoms with van der Waals surface area (Å²) >= 11 is 0. The highest BCUT2D eigenvalue weighted by molar-refractivity contribution is 7.85. The van der Waals surface area contributed by atoms with E-state index < -0.39 is 18.4 Å². The van der Waals surface area contributed by atoms with Gasteiger partial charge in [0.2, 0.25) is 0 Å². The molecule has 0 bridgehead atoms. The molecule has 0 fully saturated rings. The van der Waals surface area contributed by atoms with Crippen molar-refractivity contribution in [3.05, 3.63) is 71.8 Å². The van der Waals surface area contributed by atoms with Crippen molar-refractivity contribution >= 4 is 18.4 Å². The molecular weight excluding hydrogens is 456 g/mol. The summed E-state index contributed by atoms with van der Waals surface area (Å²) in [6.07, 6.45) is 2.69. The summed E-state index contributed by atoms with van der Waals surface area (Å²) in [6.45, 7) is 15.9. The van der Waals surface area contributed by atoms with Crippen molar-refractivity contribution in [2.75, 3.05) is 12.9 Å². The summed E-state index contributed by atoms with van der Waals surface area (Å²) in [4.78, 5) is 0. The number of hydrogen-bond donors (Lipinski definition) is 0. The van der Waals surface area contributed by atoms with Gasteiger partial charge in [-0.3, -0.25) is 4.18 Å². The largest absolute Gasteiger partial charge is 0.489 e. The van der Waals surface area contributed by atoms with E-state index in [9.17, 15) is 8.42 Å². The molecular formula is C25H36O6SSi. The lowest BCUT2D eigenvalue weighted by Crippen LogP contribution is -2.40. The van der Waals surface area contributed by atoms with Crippen molar-refractivity contribution in [3.8, 4) is 11.5 Å². The smallest absolute Gasteiger partial charge is 0.264 e. The van der Waals surface area contributed by atoms with Gasteiger partial charge in [0.1, 0.15) is 24.7 Å². The summed E-state index contributed by atoms with van der Waals surface area (Å²) in [5.41, 5.74) is 2.55. The number of benzene rings is 2. The molecule has 2 aromatic carbocycles. The van der Waals surface area contributed by atoms with Crippen LogP contribution in [0.2, 0.25) is 18.1 Å². The molecule has 182 valence electrons. The lowest BCUT2D eigenvalue weighted by molar-refractivity contribution is 0.272. The Balaban J connectivity index is 2.12. The second kappa shape index (κ2) is 11.3. The molecule has 2 rings (SSSR count). The normalized spacial score (nSPS) is 12.4. The minimum atomic E-state index is -3.53. The van der Waals surface area contributed by atoms with Crippen LogP contribution in [-0.4, -0.2) is 29.6 Å². The fourth-order valence-corrected chi connectivity index (χ4v) is 3.98. The second-order valence-corrected chi connectivity index (χ2v) is 15.9. The Labute approximate surface area is 199 Å². The average molecular weight is 493 g/mol. The van der Waals surface area contributed by atoms with Crippen LogP contribution in [0, 0.1) is 0 Å². The summed E-state index contributed by atoms with van der Waals surface area (Å²) in [5, 5.41) is 0.148. The standard InChI is InChI=1S/C25H36O6SSi/c1-8-14-28-24-13-12-21(17-30-32(5,26)27)15-22(24)19-29-23-11-9-10-20(16-23)18-31-33(6,7)25(2,3)4/h8-13,15-16H,1,14,17-19H2,2-7H3. The van der Waals surface area contributed by atoms with Gasteiger partial charge in [0.05, 0.1) is 19.5 Å². The maximum atomic E-state index is 11.3. The highest BCUT2D eigenvalue weighted by Crippen LogP contribution is 2.37. The quantitative estimate of drug-likeness (QED) is 0.211. The van der Waals surface area contributed by atoms with Gasteiger partial charge in [0.25, 0.3) is 10.1 Å². The first kappa shape index (κ1) is 27.1.